The number of rotatable bonds is 8. The number of nitrogens with one attached hydrogen (secondary N) is 4. The van der Waals surface area contributed by atoms with Gasteiger partial charge in [-0.25, -0.2) is 18.1 Å². The van der Waals surface area contributed by atoms with Gasteiger partial charge in [-0.2, -0.15) is 4.98 Å². The smallest absolute Gasteiger partial charge is 0.255 e. The third-order valence-corrected chi connectivity index (χ3v) is 7.27. The summed E-state index contributed by atoms with van der Waals surface area (Å²) in [6, 6.07) is 20.5. The highest BCUT2D eigenvalue weighted by Gasteiger charge is 2.22. The van der Waals surface area contributed by atoms with Crippen molar-refractivity contribution in [3.05, 3.63) is 95.7 Å². The van der Waals surface area contributed by atoms with E-state index in [1.54, 1.807) is 93.7 Å². The van der Waals surface area contributed by atoms with Crippen LogP contribution in [0.3, 0.4) is 0 Å². The molecule has 4 rings (SSSR count). The lowest BCUT2D eigenvalue weighted by Crippen LogP contribution is -2.40. The number of sulfonamides is 1. The van der Waals surface area contributed by atoms with Crippen LogP contribution in [0.2, 0.25) is 0 Å². The van der Waals surface area contributed by atoms with Crippen molar-refractivity contribution in [1.29, 1.82) is 0 Å². The summed E-state index contributed by atoms with van der Waals surface area (Å²) in [6.45, 7) is 7.21. The lowest BCUT2D eigenvalue weighted by molar-refractivity contribution is 0.102. The van der Waals surface area contributed by atoms with Crippen molar-refractivity contribution in [1.82, 2.24) is 14.7 Å². The Morgan fingerprint density at radius 1 is 0.900 bits per heavy atom. The summed E-state index contributed by atoms with van der Waals surface area (Å²) >= 11 is 0. The molecule has 40 heavy (non-hydrogen) atoms. The molecule has 4 N–H and O–H groups in total. The van der Waals surface area contributed by atoms with E-state index >= 15 is 0 Å². The number of benzene rings is 3. The first-order valence-electron chi connectivity index (χ1n) is 12.4. The van der Waals surface area contributed by atoms with Gasteiger partial charge in [-0.15, -0.1) is 6.42 Å². The summed E-state index contributed by atoms with van der Waals surface area (Å²) in [4.78, 5) is 21.7. The molecule has 0 bridgehead atoms. The van der Waals surface area contributed by atoms with Gasteiger partial charge >= 0.3 is 0 Å². The second-order valence-corrected chi connectivity index (χ2v) is 11.8. The van der Waals surface area contributed by atoms with Crippen LogP contribution in [-0.2, 0) is 10.0 Å². The number of carbonyl (C=O) groups excluding carboxylic acids is 1. The molecule has 0 spiro atoms. The van der Waals surface area contributed by atoms with Gasteiger partial charge < -0.3 is 16.0 Å². The zero-order chi connectivity index (χ0) is 28.9. The number of aryl methyl sites for hydroxylation is 1. The number of aromatic nitrogens is 2. The van der Waals surface area contributed by atoms with Crippen LogP contribution in [0.5, 0.6) is 0 Å². The van der Waals surface area contributed by atoms with Crippen molar-refractivity contribution in [2.75, 3.05) is 16.0 Å². The minimum Gasteiger partial charge on any atom is -0.340 e. The largest absolute Gasteiger partial charge is 0.340 e. The van der Waals surface area contributed by atoms with E-state index in [9.17, 15) is 13.2 Å². The number of hydrogen-bond acceptors (Lipinski definition) is 7. The highest BCUT2D eigenvalue weighted by Crippen LogP contribution is 2.24. The Bertz CT molecular complexity index is 1690. The molecule has 10 heteroatoms. The zero-order valence-corrected chi connectivity index (χ0v) is 23.4. The molecule has 3 aromatic carbocycles. The maximum Gasteiger partial charge on any atom is 0.255 e. The average Bonchev–Trinajstić information content (AvgIpc) is 2.90. The van der Waals surface area contributed by atoms with Gasteiger partial charge in [0.15, 0.2) is 0 Å². The Balaban J connectivity index is 1.46. The Morgan fingerprint density at radius 3 is 2.30 bits per heavy atom. The SMILES string of the molecule is C#Cc1cccc(NC(=O)c2ccc(Nc3ncc(C)c(Nc4cccc(S(=O)(=O)NC(C)(C)C)c4)n3)cc2)c1. The normalized spacial score (nSPS) is 11.4. The lowest BCUT2D eigenvalue weighted by Gasteiger charge is -2.20. The Kier molecular flexibility index (Phi) is 8.18. The van der Waals surface area contributed by atoms with Crippen LogP contribution in [0.15, 0.2) is 83.9 Å². The first-order chi connectivity index (χ1) is 18.9. The maximum absolute atomic E-state index is 12.8. The maximum atomic E-state index is 12.8. The molecule has 0 saturated carbocycles. The molecule has 0 aliphatic carbocycles. The van der Waals surface area contributed by atoms with E-state index in [2.05, 4.69) is 36.6 Å². The predicted molar refractivity (Wildman–Crippen MR) is 159 cm³/mol. The minimum absolute atomic E-state index is 0.144. The number of carbonyl (C=O) groups is 1. The van der Waals surface area contributed by atoms with Crippen LogP contribution in [0.1, 0.15) is 42.3 Å². The summed E-state index contributed by atoms with van der Waals surface area (Å²) in [5, 5.41) is 9.14. The van der Waals surface area contributed by atoms with Crippen molar-refractivity contribution < 1.29 is 13.2 Å². The number of amides is 1. The van der Waals surface area contributed by atoms with Gasteiger partial charge in [-0.1, -0.05) is 18.1 Å². The van der Waals surface area contributed by atoms with E-state index in [1.807, 2.05) is 6.92 Å². The summed E-state index contributed by atoms with van der Waals surface area (Å²) in [5.41, 5.74) is 3.17. The molecule has 1 amide bonds. The quantitative estimate of drug-likeness (QED) is 0.210. The van der Waals surface area contributed by atoms with Gasteiger partial charge in [-0.3, -0.25) is 4.79 Å². The molecule has 0 radical (unpaired) electrons. The average molecular weight is 555 g/mol. The summed E-state index contributed by atoms with van der Waals surface area (Å²) < 4.78 is 28.2. The number of anilines is 5. The van der Waals surface area contributed by atoms with E-state index < -0.39 is 15.6 Å². The fourth-order valence-corrected chi connectivity index (χ4v) is 5.16. The number of hydrogen-bond donors (Lipinski definition) is 4. The molecule has 4 aromatic rings. The standard InChI is InChI=1S/C30H30N6O3S/c1-6-21-9-7-10-24(17-21)33-28(37)22-13-15-23(16-14-22)34-29-31-19-20(2)27(35-29)32-25-11-8-12-26(18-25)40(38,39)36-30(3,4)5/h1,7-19,36H,2-5H3,(H,33,37)(H2,31,32,34,35). The van der Waals surface area contributed by atoms with Gasteiger partial charge in [0.25, 0.3) is 5.91 Å². The van der Waals surface area contributed by atoms with E-state index in [1.165, 1.54) is 6.07 Å². The fourth-order valence-electron chi connectivity index (χ4n) is 3.69. The van der Waals surface area contributed by atoms with Gasteiger partial charge in [0, 0.05) is 45.5 Å². The van der Waals surface area contributed by atoms with Crippen LogP contribution in [-0.4, -0.2) is 29.8 Å². The molecule has 1 heterocycles. The van der Waals surface area contributed by atoms with Crippen molar-refractivity contribution in [2.24, 2.45) is 0 Å². The highest BCUT2D eigenvalue weighted by molar-refractivity contribution is 7.89. The Morgan fingerprint density at radius 2 is 1.60 bits per heavy atom. The molecule has 0 aliphatic rings. The molecule has 0 unspecified atom stereocenters. The molecule has 9 nitrogen and oxygen atoms in total. The van der Waals surface area contributed by atoms with Gasteiger partial charge in [-0.05, 0) is 88.4 Å². The van der Waals surface area contributed by atoms with Crippen molar-refractivity contribution >= 4 is 44.8 Å². The molecular formula is C30H30N6O3S. The first-order valence-corrected chi connectivity index (χ1v) is 13.9. The highest BCUT2D eigenvalue weighted by atomic mass is 32.2. The Hall–Kier alpha value is -4.72. The molecular weight excluding hydrogens is 524 g/mol. The molecule has 0 atom stereocenters. The van der Waals surface area contributed by atoms with Crippen LogP contribution in [0.4, 0.5) is 28.8 Å². The van der Waals surface area contributed by atoms with Crippen molar-refractivity contribution in [2.45, 2.75) is 38.1 Å². The second kappa shape index (κ2) is 11.6. The van der Waals surface area contributed by atoms with Crippen LogP contribution in [0, 0.1) is 19.3 Å². The second-order valence-electron chi connectivity index (χ2n) is 10.1. The third kappa shape index (κ3) is 7.44. The number of terminal acetylenes is 1. The summed E-state index contributed by atoms with van der Waals surface area (Å²) in [6.07, 6.45) is 7.09. The van der Waals surface area contributed by atoms with Crippen molar-refractivity contribution in [3.63, 3.8) is 0 Å². The van der Waals surface area contributed by atoms with Gasteiger partial charge in [0.2, 0.25) is 16.0 Å². The molecule has 0 fully saturated rings. The third-order valence-electron chi connectivity index (χ3n) is 5.51. The van der Waals surface area contributed by atoms with E-state index in [4.69, 9.17) is 6.42 Å². The molecule has 204 valence electrons. The van der Waals surface area contributed by atoms with Crippen LogP contribution < -0.4 is 20.7 Å². The lowest BCUT2D eigenvalue weighted by atomic mass is 10.1. The van der Waals surface area contributed by atoms with Gasteiger partial charge in [0.1, 0.15) is 5.82 Å². The monoisotopic (exact) mass is 554 g/mol. The fraction of sp³-hybridized carbons (Fsp3) is 0.167. The topological polar surface area (TPSA) is 125 Å². The van der Waals surface area contributed by atoms with E-state index in [-0.39, 0.29) is 10.8 Å². The molecule has 0 aliphatic heterocycles. The summed E-state index contributed by atoms with van der Waals surface area (Å²) in [5.74, 6) is 3.12. The van der Waals surface area contributed by atoms with E-state index in [0.29, 0.717) is 40.0 Å². The number of nitrogens with zero attached hydrogens (tertiary/aromatic N) is 2. The van der Waals surface area contributed by atoms with Crippen LogP contribution in [0.25, 0.3) is 0 Å². The first kappa shape index (κ1) is 28.3. The molecule has 0 saturated heterocycles. The molecule has 1 aromatic heterocycles. The minimum atomic E-state index is -3.69. The van der Waals surface area contributed by atoms with Crippen LogP contribution >= 0.6 is 0 Å². The van der Waals surface area contributed by atoms with E-state index in [0.717, 1.165) is 5.56 Å². The van der Waals surface area contributed by atoms with Gasteiger partial charge in [0.05, 0.1) is 4.90 Å². The summed E-state index contributed by atoms with van der Waals surface area (Å²) in [7, 11) is -3.69. The van der Waals surface area contributed by atoms with Crippen molar-refractivity contribution in [3.8, 4) is 12.3 Å². The Labute approximate surface area is 234 Å². The predicted octanol–water partition coefficient (Wildman–Crippen LogP) is 5.58. The zero-order valence-electron chi connectivity index (χ0n) is 22.6.